The molecule has 1 aliphatic rings. The maximum atomic E-state index is 12.9. The van der Waals surface area contributed by atoms with E-state index in [1.165, 1.54) is 12.1 Å². The second kappa shape index (κ2) is 5.60. The maximum absolute atomic E-state index is 12.9. The lowest BCUT2D eigenvalue weighted by atomic mass is 9.77. The summed E-state index contributed by atoms with van der Waals surface area (Å²) in [4.78, 5) is 0. The molecule has 2 rings (SSSR count). The summed E-state index contributed by atoms with van der Waals surface area (Å²) in [6.45, 7) is 4.78. The lowest BCUT2D eigenvalue weighted by Crippen LogP contribution is -2.39. The number of rotatable bonds is 4. The molecule has 0 amide bonds. The van der Waals surface area contributed by atoms with Crippen LogP contribution in [0.2, 0.25) is 0 Å². The van der Waals surface area contributed by atoms with Crippen molar-refractivity contribution in [2.75, 3.05) is 6.54 Å². The van der Waals surface area contributed by atoms with Crippen LogP contribution in [0.25, 0.3) is 0 Å². The highest BCUT2D eigenvalue weighted by molar-refractivity contribution is 5.35. The molecular weight excluding hydrogens is 263 g/mol. The van der Waals surface area contributed by atoms with E-state index in [0.717, 1.165) is 24.5 Å². The first-order valence-corrected chi connectivity index (χ1v) is 6.90. The fourth-order valence-electron chi connectivity index (χ4n) is 2.61. The monoisotopic (exact) mass is 283 g/mol. The summed E-state index contributed by atoms with van der Waals surface area (Å²) in [5, 5.41) is 3.36. The van der Waals surface area contributed by atoms with Gasteiger partial charge in [0.15, 0.2) is 0 Å². The molecule has 20 heavy (non-hydrogen) atoms. The average molecular weight is 283 g/mol. The Bertz CT molecular complexity index is 481. The number of allylic oxidation sites excluding steroid dienone is 2. The lowest BCUT2D eigenvalue weighted by Gasteiger charge is -2.31. The van der Waals surface area contributed by atoms with Gasteiger partial charge in [-0.1, -0.05) is 44.2 Å². The van der Waals surface area contributed by atoms with E-state index in [0.29, 0.717) is 12.6 Å². The zero-order valence-corrected chi connectivity index (χ0v) is 11.8. The van der Waals surface area contributed by atoms with Crippen LogP contribution in [-0.4, -0.2) is 12.6 Å². The van der Waals surface area contributed by atoms with E-state index in [1.54, 1.807) is 0 Å². The van der Waals surface area contributed by atoms with Gasteiger partial charge < -0.3 is 5.32 Å². The lowest BCUT2D eigenvalue weighted by molar-refractivity contribution is -0.137. The van der Waals surface area contributed by atoms with Crippen molar-refractivity contribution in [2.45, 2.75) is 44.3 Å². The van der Waals surface area contributed by atoms with Crippen LogP contribution in [0.4, 0.5) is 13.2 Å². The van der Waals surface area contributed by atoms with Gasteiger partial charge >= 0.3 is 6.18 Å². The molecule has 0 saturated carbocycles. The SMILES string of the molecule is CC(C)NCC1(c2cccc(C(F)(F)F)c2)CC=CC1. The Morgan fingerprint density at radius 1 is 1.20 bits per heavy atom. The van der Waals surface area contributed by atoms with Crippen LogP contribution in [0, 0.1) is 0 Å². The topological polar surface area (TPSA) is 12.0 Å². The Labute approximate surface area is 117 Å². The molecule has 0 saturated heterocycles. The van der Waals surface area contributed by atoms with Crippen LogP contribution < -0.4 is 5.32 Å². The fraction of sp³-hybridized carbons (Fsp3) is 0.500. The molecule has 0 aromatic heterocycles. The minimum absolute atomic E-state index is 0.245. The second-order valence-electron chi connectivity index (χ2n) is 5.77. The van der Waals surface area contributed by atoms with Crippen molar-refractivity contribution < 1.29 is 13.2 Å². The van der Waals surface area contributed by atoms with Crippen LogP contribution in [-0.2, 0) is 11.6 Å². The largest absolute Gasteiger partial charge is 0.416 e. The van der Waals surface area contributed by atoms with Gasteiger partial charge in [0.05, 0.1) is 5.56 Å². The van der Waals surface area contributed by atoms with E-state index in [2.05, 4.69) is 17.5 Å². The summed E-state index contributed by atoms with van der Waals surface area (Å²) in [5.74, 6) is 0. The van der Waals surface area contributed by atoms with Crippen LogP contribution in [0.3, 0.4) is 0 Å². The van der Waals surface area contributed by atoms with E-state index >= 15 is 0 Å². The summed E-state index contributed by atoms with van der Waals surface area (Å²) in [6, 6.07) is 6.07. The van der Waals surface area contributed by atoms with Gasteiger partial charge in [-0.05, 0) is 24.5 Å². The van der Waals surface area contributed by atoms with Gasteiger partial charge in [-0.25, -0.2) is 0 Å². The first-order chi connectivity index (χ1) is 9.33. The minimum atomic E-state index is -4.28. The summed E-state index contributed by atoms with van der Waals surface area (Å²) in [6.07, 6.45) is 1.40. The standard InChI is InChI=1S/C16H20F3N/c1-12(2)20-11-15(8-3-4-9-15)13-6-5-7-14(10-13)16(17,18)19/h3-7,10,12,20H,8-9,11H2,1-2H3. The van der Waals surface area contributed by atoms with Gasteiger partial charge in [0.1, 0.15) is 0 Å². The minimum Gasteiger partial charge on any atom is -0.314 e. The predicted octanol–water partition coefficient (Wildman–Crippen LogP) is 4.29. The van der Waals surface area contributed by atoms with Crippen molar-refractivity contribution in [3.05, 3.63) is 47.5 Å². The normalized spacial score (nSPS) is 17.9. The van der Waals surface area contributed by atoms with Crippen molar-refractivity contribution in [1.29, 1.82) is 0 Å². The zero-order chi connectivity index (χ0) is 14.8. The van der Waals surface area contributed by atoms with Crippen LogP contribution in [0.15, 0.2) is 36.4 Å². The van der Waals surface area contributed by atoms with Crippen LogP contribution in [0.1, 0.15) is 37.8 Å². The van der Waals surface area contributed by atoms with E-state index in [9.17, 15) is 13.2 Å². The molecule has 1 aliphatic carbocycles. The molecule has 0 atom stereocenters. The van der Waals surface area contributed by atoms with Crippen molar-refractivity contribution in [3.63, 3.8) is 0 Å². The molecule has 0 radical (unpaired) electrons. The van der Waals surface area contributed by atoms with E-state index in [1.807, 2.05) is 19.9 Å². The fourth-order valence-corrected chi connectivity index (χ4v) is 2.61. The quantitative estimate of drug-likeness (QED) is 0.813. The predicted molar refractivity (Wildman–Crippen MR) is 74.6 cm³/mol. The molecule has 0 spiro atoms. The number of nitrogens with one attached hydrogen (secondary N) is 1. The smallest absolute Gasteiger partial charge is 0.314 e. The second-order valence-corrected chi connectivity index (χ2v) is 5.77. The number of alkyl halides is 3. The molecule has 4 heteroatoms. The number of benzene rings is 1. The molecule has 0 fully saturated rings. The molecule has 1 nitrogen and oxygen atoms in total. The molecule has 1 aromatic rings. The van der Waals surface area contributed by atoms with Crippen molar-refractivity contribution >= 4 is 0 Å². The highest BCUT2D eigenvalue weighted by atomic mass is 19.4. The molecule has 0 heterocycles. The highest BCUT2D eigenvalue weighted by Gasteiger charge is 2.36. The highest BCUT2D eigenvalue weighted by Crippen LogP contribution is 2.39. The number of halogens is 3. The van der Waals surface area contributed by atoms with Crippen molar-refractivity contribution in [1.82, 2.24) is 5.32 Å². The molecule has 0 aliphatic heterocycles. The van der Waals surface area contributed by atoms with Gasteiger partial charge in [-0.3, -0.25) is 0 Å². The van der Waals surface area contributed by atoms with Gasteiger partial charge in [-0.15, -0.1) is 0 Å². The molecule has 0 bridgehead atoms. The number of hydrogen-bond donors (Lipinski definition) is 1. The molecule has 0 unspecified atom stereocenters. The zero-order valence-electron chi connectivity index (χ0n) is 11.8. The Balaban J connectivity index is 2.30. The van der Waals surface area contributed by atoms with E-state index in [4.69, 9.17) is 0 Å². The average Bonchev–Trinajstić information content (AvgIpc) is 2.86. The maximum Gasteiger partial charge on any atom is 0.416 e. The first-order valence-electron chi connectivity index (χ1n) is 6.90. The summed E-state index contributed by atoms with van der Waals surface area (Å²) in [7, 11) is 0. The Kier molecular flexibility index (Phi) is 4.23. The summed E-state index contributed by atoms with van der Waals surface area (Å²) < 4.78 is 38.6. The van der Waals surface area contributed by atoms with Crippen LogP contribution >= 0.6 is 0 Å². The molecule has 1 N–H and O–H groups in total. The summed E-state index contributed by atoms with van der Waals surface area (Å²) in [5.41, 5.74) is -0.0396. The Morgan fingerprint density at radius 3 is 2.40 bits per heavy atom. The van der Waals surface area contributed by atoms with Crippen molar-refractivity contribution in [3.8, 4) is 0 Å². The molecule has 1 aromatic carbocycles. The third-order valence-corrected chi connectivity index (χ3v) is 3.83. The Morgan fingerprint density at radius 2 is 1.85 bits per heavy atom. The third kappa shape index (κ3) is 3.23. The van der Waals surface area contributed by atoms with Gasteiger partial charge in [0.25, 0.3) is 0 Å². The van der Waals surface area contributed by atoms with Crippen LogP contribution in [0.5, 0.6) is 0 Å². The van der Waals surface area contributed by atoms with Crippen molar-refractivity contribution in [2.24, 2.45) is 0 Å². The summed E-state index contributed by atoms with van der Waals surface area (Å²) >= 11 is 0. The first kappa shape index (κ1) is 15.1. The van der Waals surface area contributed by atoms with Gasteiger partial charge in [0.2, 0.25) is 0 Å². The van der Waals surface area contributed by atoms with Gasteiger partial charge in [-0.2, -0.15) is 13.2 Å². The molecule has 110 valence electrons. The van der Waals surface area contributed by atoms with E-state index < -0.39 is 11.7 Å². The van der Waals surface area contributed by atoms with E-state index in [-0.39, 0.29) is 5.41 Å². The van der Waals surface area contributed by atoms with Gasteiger partial charge in [0, 0.05) is 18.0 Å². The Hall–Kier alpha value is -1.29. The number of hydrogen-bond acceptors (Lipinski definition) is 1. The molecular formula is C16H20F3N. The third-order valence-electron chi connectivity index (χ3n) is 3.83.